The molecule has 7 heteroatoms. The minimum Gasteiger partial charge on any atom is -0.229 e. The third-order valence-corrected chi connectivity index (χ3v) is 3.67. The van der Waals surface area contributed by atoms with E-state index in [9.17, 15) is 8.42 Å². The van der Waals surface area contributed by atoms with E-state index in [-0.39, 0.29) is 5.75 Å². The van der Waals surface area contributed by atoms with Crippen molar-refractivity contribution in [1.29, 1.82) is 9.56 Å². The van der Waals surface area contributed by atoms with Crippen molar-refractivity contribution < 1.29 is 12.0 Å². The first-order valence-corrected chi connectivity index (χ1v) is 5.54. The van der Waals surface area contributed by atoms with Crippen molar-refractivity contribution in [2.45, 2.75) is 0 Å². The molecule has 0 spiro atoms. The molecule has 2 atom stereocenters. The minimum absolute atomic E-state index is 0.0805. The summed E-state index contributed by atoms with van der Waals surface area (Å²) < 4.78 is 39.2. The van der Waals surface area contributed by atoms with Gasteiger partial charge in [-0.25, -0.2) is 18.0 Å². The Morgan fingerprint density at radius 2 is 2.00 bits per heavy atom. The SMILES string of the molecule is N=S1(=O)C=CCS(=N)(=O)O1. The van der Waals surface area contributed by atoms with Crippen LogP contribution < -0.4 is 0 Å². The van der Waals surface area contributed by atoms with Gasteiger partial charge < -0.3 is 0 Å². The molecule has 1 aliphatic heterocycles. The maximum absolute atomic E-state index is 10.7. The molecule has 0 saturated carbocycles. The Kier molecular flexibility index (Phi) is 1.57. The molecule has 0 aromatic rings. The Hall–Kier alpha value is -0.400. The summed E-state index contributed by atoms with van der Waals surface area (Å²) >= 11 is 0. The fourth-order valence-corrected chi connectivity index (χ4v) is 3.04. The van der Waals surface area contributed by atoms with Gasteiger partial charge in [0.25, 0.3) is 0 Å². The zero-order valence-corrected chi connectivity index (χ0v) is 6.54. The van der Waals surface area contributed by atoms with Crippen molar-refractivity contribution in [3.63, 3.8) is 0 Å². The molecule has 58 valence electrons. The lowest BCUT2D eigenvalue weighted by molar-refractivity contribution is 0.551. The van der Waals surface area contributed by atoms with Crippen LogP contribution in [0.1, 0.15) is 0 Å². The first-order valence-electron chi connectivity index (χ1n) is 2.34. The second kappa shape index (κ2) is 2.04. The zero-order chi connectivity index (χ0) is 7.83. The van der Waals surface area contributed by atoms with E-state index in [4.69, 9.17) is 9.56 Å². The highest BCUT2D eigenvalue weighted by molar-refractivity contribution is 8.03. The molecule has 5 nitrogen and oxygen atoms in total. The van der Waals surface area contributed by atoms with Crippen molar-refractivity contribution in [3.05, 3.63) is 11.5 Å². The van der Waals surface area contributed by atoms with Gasteiger partial charge in [-0.05, 0) is 0 Å². The van der Waals surface area contributed by atoms with Crippen molar-refractivity contribution in [3.8, 4) is 0 Å². The van der Waals surface area contributed by atoms with Crippen LogP contribution in [-0.2, 0) is 23.6 Å². The van der Waals surface area contributed by atoms with Crippen LogP contribution in [-0.4, -0.2) is 14.2 Å². The van der Waals surface area contributed by atoms with E-state index < -0.39 is 20.0 Å². The molecule has 0 aliphatic carbocycles. The first kappa shape index (κ1) is 7.70. The van der Waals surface area contributed by atoms with Crippen LogP contribution in [0.3, 0.4) is 0 Å². The molecule has 0 aromatic carbocycles. The molecule has 1 rings (SSSR count). The maximum Gasteiger partial charge on any atom is 0.197 e. The molecule has 0 amide bonds. The Morgan fingerprint density at radius 3 is 2.30 bits per heavy atom. The second-order valence-corrected chi connectivity index (χ2v) is 5.24. The maximum atomic E-state index is 10.7. The average molecular weight is 182 g/mol. The summed E-state index contributed by atoms with van der Waals surface area (Å²) in [7, 11) is -6.57. The molecule has 10 heavy (non-hydrogen) atoms. The summed E-state index contributed by atoms with van der Waals surface area (Å²) in [5, 5.41) is 1.02. The van der Waals surface area contributed by atoms with Crippen LogP contribution in [0.4, 0.5) is 0 Å². The van der Waals surface area contributed by atoms with Crippen molar-refractivity contribution in [2.24, 2.45) is 0 Å². The lowest BCUT2D eigenvalue weighted by Gasteiger charge is -2.09. The van der Waals surface area contributed by atoms with E-state index in [1.165, 1.54) is 6.08 Å². The summed E-state index contributed by atoms with van der Waals surface area (Å²) in [5.41, 5.74) is 0. The fraction of sp³-hybridized carbons (Fsp3) is 0.333. The molecule has 1 heterocycles. The van der Waals surface area contributed by atoms with Crippen LogP contribution in [0, 0.1) is 9.56 Å². The molecule has 0 saturated heterocycles. The predicted octanol–water partition coefficient (Wildman–Crippen LogP) is 0.454. The van der Waals surface area contributed by atoms with E-state index in [1.807, 2.05) is 0 Å². The van der Waals surface area contributed by atoms with Gasteiger partial charge in [0.1, 0.15) is 0 Å². The van der Waals surface area contributed by atoms with E-state index in [0.717, 1.165) is 5.41 Å². The normalized spacial score (nSPS) is 47.2. The lowest BCUT2D eigenvalue weighted by atomic mass is 10.8. The van der Waals surface area contributed by atoms with Crippen LogP contribution in [0.5, 0.6) is 0 Å². The Labute approximate surface area is 59.4 Å². The van der Waals surface area contributed by atoms with E-state index >= 15 is 0 Å². The Bertz CT molecular complexity index is 349. The van der Waals surface area contributed by atoms with Crippen LogP contribution in [0.15, 0.2) is 11.5 Å². The standard InChI is InChI=1S/C3H6N2O3S2/c4-9(6)2-1-3-10(5,7)8-9/h1-2,4-5H,3H2. The Morgan fingerprint density at radius 1 is 1.40 bits per heavy atom. The molecular formula is C3H6N2O3S2. The molecule has 2 unspecified atom stereocenters. The first-order chi connectivity index (χ1) is 4.41. The number of hydrogen-bond acceptors (Lipinski definition) is 5. The van der Waals surface area contributed by atoms with Crippen LogP contribution >= 0.6 is 0 Å². The summed E-state index contributed by atoms with van der Waals surface area (Å²) in [4.78, 5) is 0. The molecule has 2 N–H and O–H groups in total. The molecule has 1 aliphatic rings. The van der Waals surface area contributed by atoms with Gasteiger partial charge in [0.05, 0.1) is 5.75 Å². The molecule has 0 radical (unpaired) electrons. The highest BCUT2D eigenvalue weighted by Crippen LogP contribution is 2.11. The summed E-state index contributed by atoms with van der Waals surface area (Å²) in [6, 6.07) is 0. The third kappa shape index (κ3) is 1.79. The van der Waals surface area contributed by atoms with E-state index in [1.54, 1.807) is 0 Å². The Balaban J connectivity index is 3.19. The number of rotatable bonds is 0. The van der Waals surface area contributed by atoms with Gasteiger partial charge in [-0.15, -0.1) is 0 Å². The van der Waals surface area contributed by atoms with Crippen molar-refractivity contribution >= 4 is 20.0 Å². The average Bonchev–Trinajstić information content (AvgIpc) is 1.56. The molecular weight excluding hydrogens is 176 g/mol. The number of nitrogens with one attached hydrogen (secondary N) is 2. The quantitative estimate of drug-likeness (QED) is 0.570. The second-order valence-electron chi connectivity index (χ2n) is 1.77. The van der Waals surface area contributed by atoms with Crippen LogP contribution in [0.2, 0.25) is 0 Å². The number of hydrogen-bond donors (Lipinski definition) is 2. The fourth-order valence-electron chi connectivity index (χ4n) is 0.506. The molecule has 0 aromatic heterocycles. The van der Waals surface area contributed by atoms with Gasteiger partial charge in [0.2, 0.25) is 0 Å². The minimum atomic E-state index is -3.33. The highest BCUT2D eigenvalue weighted by Gasteiger charge is 2.17. The van der Waals surface area contributed by atoms with E-state index in [0.29, 0.717) is 0 Å². The molecule has 0 fully saturated rings. The van der Waals surface area contributed by atoms with Crippen molar-refractivity contribution in [1.82, 2.24) is 0 Å². The summed E-state index contributed by atoms with van der Waals surface area (Å²) in [6.07, 6.45) is 1.27. The van der Waals surface area contributed by atoms with Gasteiger partial charge >= 0.3 is 0 Å². The lowest BCUT2D eigenvalue weighted by Crippen LogP contribution is -2.15. The smallest absolute Gasteiger partial charge is 0.197 e. The topological polar surface area (TPSA) is 91.1 Å². The van der Waals surface area contributed by atoms with E-state index in [2.05, 4.69) is 3.63 Å². The van der Waals surface area contributed by atoms with Crippen molar-refractivity contribution in [2.75, 3.05) is 5.75 Å². The monoisotopic (exact) mass is 182 g/mol. The van der Waals surface area contributed by atoms with Gasteiger partial charge in [-0.1, -0.05) is 6.08 Å². The predicted molar refractivity (Wildman–Crippen MR) is 36.8 cm³/mol. The van der Waals surface area contributed by atoms with Crippen LogP contribution in [0.25, 0.3) is 0 Å². The van der Waals surface area contributed by atoms with Gasteiger partial charge in [-0.3, -0.25) is 0 Å². The molecule has 0 bridgehead atoms. The third-order valence-electron chi connectivity index (χ3n) is 0.802. The summed E-state index contributed by atoms with van der Waals surface area (Å²) in [6.45, 7) is 0. The summed E-state index contributed by atoms with van der Waals surface area (Å²) in [5.74, 6) is -0.0805. The zero-order valence-electron chi connectivity index (χ0n) is 4.90. The highest BCUT2D eigenvalue weighted by atomic mass is 32.3. The largest absolute Gasteiger partial charge is 0.229 e. The van der Waals surface area contributed by atoms with Gasteiger partial charge in [0, 0.05) is 5.41 Å². The van der Waals surface area contributed by atoms with Gasteiger partial charge in [-0.2, -0.15) is 3.63 Å². The van der Waals surface area contributed by atoms with Gasteiger partial charge in [0.15, 0.2) is 20.0 Å².